The molecule has 0 saturated heterocycles. The molecule has 1 aromatic rings. The molecule has 1 aromatic carbocycles. The van der Waals surface area contributed by atoms with Gasteiger partial charge in [0, 0.05) is 18.7 Å². The van der Waals surface area contributed by atoms with Crippen LogP contribution in [0.5, 0.6) is 0 Å². The lowest BCUT2D eigenvalue weighted by molar-refractivity contribution is -0.134. The number of carbonyl (C=O) groups is 3. The van der Waals surface area contributed by atoms with Crippen molar-refractivity contribution in [2.45, 2.75) is 33.2 Å². The maximum absolute atomic E-state index is 12.1. The molecule has 22 heavy (non-hydrogen) atoms. The van der Waals surface area contributed by atoms with E-state index in [0.717, 1.165) is 6.42 Å². The van der Waals surface area contributed by atoms with Crippen LogP contribution in [0.2, 0.25) is 0 Å². The smallest absolute Gasteiger partial charge is 0.337 e. The van der Waals surface area contributed by atoms with Gasteiger partial charge in [-0.15, -0.1) is 0 Å². The summed E-state index contributed by atoms with van der Waals surface area (Å²) in [6.45, 7) is 5.27. The van der Waals surface area contributed by atoms with Crippen molar-refractivity contribution in [1.29, 1.82) is 0 Å². The number of methoxy groups -OCH3 is 1. The third-order valence-corrected chi connectivity index (χ3v) is 3.41. The van der Waals surface area contributed by atoms with Gasteiger partial charge in [0.05, 0.1) is 12.7 Å². The van der Waals surface area contributed by atoms with E-state index in [9.17, 15) is 14.4 Å². The van der Waals surface area contributed by atoms with E-state index in [1.54, 1.807) is 18.2 Å². The highest BCUT2D eigenvalue weighted by molar-refractivity contribution is 5.96. The molecule has 1 unspecified atom stereocenters. The van der Waals surface area contributed by atoms with Crippen LogP contribution in [0.1, 0.15) is 37.6 Å². The minimum absolute atomic E-state index is 0.00958. The van der Waals surface area contributed by atoms with E-state index >= 15 is 0 Å². The van der Waals surface area contributed by atoms with Gasteiger partial charge in [-0.3, -0.25) is 9.59 Å². The minimum Gasteiger partial charge on any atom is -0.465 e. The number of nitrogens with one attached hydrogen (secondary N) is 1. The molecule has 6 nitrogen and oxygen atoms in total. The normalized spacial score (nSPS) is 11.5. The van der Waals surface area contributed by atoms with Crippen LogP contribution in [-0.4, -0.2) is 42.4 Å². The second kappa shape index (κ2) is 8.17. The molecule has 0 fully saturated rings. The summed E-state index contributed by atoms with van der Waals surface area (Å²) in [5.41, 5.74) is 0.839. The Balaban J connectivity index is 2.76. The largest absolute Gasteiger partial charge is 0.465 e. The summed E-state index contributed by atoms with van der Waals surface area (Å²) in [5.74, 6) is -0.925. The summed E-state index contributed by atoms with van der Waals surface area (Å²) < 4.78 is 4.63. The maximum atomic E-state index is 12.1. The van der Waals surface area contributed by atoms with Gasteiger partial charge in [0.25, 0.3) is 0 Å². The average molecular weight is 306 g/mol. The average Bonchev–Trinajstić information content (AvgIpc) is 2.51. The second-order valence-corrected chi connectivity index (χ2v) is 5.02. The number of carbonyl (C=O) groups excluding carboxylic acids is 3. The third-order valence-electron chi connectivity index (χ3n) is 3.41. The minimum atomic E-state index is -0.471. The highest BCUT2D eigenvalue weighted by atomic mass is 16.5. The fraction of sp³-hybridized carbons (Fsp3) is 0.438. The second-order valence-electron chi connectivity index (χ2n) is 5.02. The number of rotatable bonds is 6. The summed E-state index contributed by atoms with van der Waals surface area (Å²) in [6, 6.07) is 6.45. The van der Waals surface area contributed by atoms with Crippen LogP contribution in [0.25, 0.3) is 0 Å². The topological polar surface area (TPSA) is 75.7 Å². The van der Waals surface area contributed by atoms with Crippen LogP contribution in [0.15, 0.2) is 24.3 Å². The van der Waals surface area contributed by atoms with Crippen molar-refractivity contribution in [2.24, 2.45) is 0 Å². The first-order valence-corrected chi connectivity index (χ1v) is 7.14. The SMILES string of the molecule is CCC(C)N(CC(=O)Nc1cccc(C(=O)OC)c1)C(C)=O. The molecule has 0 aromatic heterocycles. The number of hydrogen-bond acceptors (Lipinski definition) is 4. The molecular formula is C16H22N2O4. The Kier molecular flexibility index (Phi) is 6.56. The molecule has 0 radical (unpaired) electrons. The summed E-state index contributed by atoms with van der Waals surface area (Å²) >= 11 is 0. The van der Waals surface area contributed by atoms with Crippen LogP contribution in [0, 0.1) is 0 Å². The van der Waals surface area contributed by atoms with Gasteiger partial charge in [-0.25, -0.2) is 4.79 Å². The molecule has 0 aliphatic rings. The fourth-order valence-corrected chi connectivity index (χ4v) is 1.99. The van der Waals surface area contributed by atoms with Crippen molar-refractivity contribution in [1.82, 2.24) is 4.90 Å². The lowest BCUT2D eigenvalue weighted by Gasteiger charge is -2.26. The molecule has 0 aliphatic heterocycles. The predicted octanol–water partition coefficient (Wildman–Crippen LogP) is 2.06. The first-order chi connectivity index (χ1) is 10.4. The van der Waals surface area contributed by atoms with Crippen LogP contribution >= 0.6 is 0 Å². The van der Waals surface area contributed by atoms with Gasteiger partial charge in [0.2, 0.25) is 11.8 Å². The van der Waals surface area contributed by atoms with Gasteiger partial charge >= 0.3 is 5.97 Å². The Hall–Kier alpha value is -2.37. The molecule has 0 bridgehead atoms. The van der Waals surface area contributed by atoms with Crippen LogP contribution in [0.4, 0.5) is 5.69 Å². The number of nitrogens with zero attached hydrogens (tertiary/aromatic N) is 1. The number of anilines is 1. The first kappa shape index (κ1) is 17.7. The molecule has 0 saturated carbocycles. The quantitative estimate of drug-likeness (QED) is 0.816. The molecule has 0 aliphatic carbocycles. The van der Waals surface area contributed by atoms with Crippen LogP contribution < -0.4 is 5.32 Å². The van der Waals surface area contributed by atoms with Gasteiger partial charge < -0.3 is 15.0 Å². The van der Waals surface area contributed by atoms with Gasteiger partial charge in [-0.1, -0.05) is 13.0 Å². The molecule has 120 valence electrons. The highest BCUT2D eigenvalue weighted by Gasteiger charge is 2.18. The zero-order chi connectivity index (χ0) is 16.7. The monoisotopic (exact) mass is 306 g/mol. The van der Waals surface area contributed by atoms with E-state index < -0.39 is 5.97 Å². The lowest BCUT2D eigenvalue weighted by Crippen LogP contribution is -2.42. The van der Waals surface area contributed by atoms with Crippen molar-refractivity contribution in [3.8, 4) is 0 Å². The van der Waals surface area contributed by atoms with Crippen molar-refractivity contribution >= 4 is 23.5 Å². The van der Waals surface area contributed by atoms with Gasteiger partial charge in [0.1, 0.15) is 6.54 Å². The van der Waals surface area contributed by atoms with E-state index in [2.05, 4.69) is 10.1 Å². The summed E-state index contributed by atoms with van der Waals surface area (Å²) in [7, 11) is 1.30. The molecule has 6 heteroatoms. The van der Waals surface area contributed by atoms with E-state index in [4.69, 9.17) is 0 Å². The summed E-state index contributed by atoms with van der Waals surface area (Å²) in [5, 5.41) is 2.68. The Morgan fingerprint density at radius 1 is 1.32 bits per heavy atom. The molecule has 1 N–H and O–H groups in total. The third kappa shape index (κ3) is 4.87. The summed E-state index contributed by atoms with van der Waals surface area (Å²) in [4.78, 5) is 36.6. The number of benzene rings is 1. The van der Waals surface area contributed by atoms with Crippen molar-refractivity contribution < 1.29 is 19.1 Å². The summed E-state index contributed by atoms with van der Waals surface area (Å²) in [6.07, 6.45) is 0.769. The maximum Gasteiger partial charge on any atom is 0.337 e. The molecule has 0 spiro atoms. The number of ether oxygens (including phenoxy) is 1. The van der Waals surface area contributed by atoms with Gasteiger partial charge in [0.15, 0.2) is 0 Å². The predicted molar refractivity (Wildman–Crippen MR) is 83.6 cm³/mol. The Labute approximate surface area is 130 Å². The number of amides is 2. The van der Waals surface area contributed by atoms with Gasteiger partial charge in [-0.2, -0.15) is 0 Å². The van der Waals surface area contributed by atoms with E-state index in [1.807, 2.05) is 13.8 Å². The number of hydrogen-bond donors (Lipinski definition) is 1. The van der Waals surface area contributed by atoms with Crippen LogP contribution in [-0.2, 0) is 14.3 Å². The molecular weight excluding hydrogens is 284 g/mol. The van der Waals surface area contributed by atoms with Crippen molar-refractivity contribution in [3.05, 3.63) is 29.8 Å². The lowest BCUT2D eigenvalue weighted by atomic mass is 10.2. The molecule has 0 heterocycles. The fourth-order valence-electron chi connectivity index (χ4n) is 1.99. The molecule has 2 amide bonds. The first-order valence-electron chi connectivity index (χ1n) is 7.14. The zero-order valence-electron chi connectivity index (χ0n) is 13.4. The standard InChI is InChI=1S/C16H22N2O4/c1-5-11(2)18(12(3)19)10-15(20)17-14-8-6-7-13(9-14)16(21)22-4/h6-9,11H,5,10H2,1-4H3,(H,17,20). The van der Waals surface area contributed by atoms with Crippen molar-refractivity contribution in [3.63, 3.8) is 0 Å². The Morgan fingerprint density at radius 3 is 2.55 bits per heavy atom. The molecule has 1 atom stereocenters. The zero-order valence-corrected chi connectivity index (χ0v) is 13.4. The Bertz CT molecular complexity index is 557. The van der Waals surface area contributed by atoms with Gasteiger partial charge in [-0.05, 0) is 31.5 Å². The van der Waals surface area contributed by atoms with E-state index in [0.29, 0.717) is 11.3 Å². The van der Waals surface area contributed by atoms with E-state index in [-0.39, 0.29) is 24.4 Å². The van der Waals surface area contributed by atoms with E-state index in [1.165, 1.54) is 25.0 Å². The van der Waals surface area contributed by atoms with Crippen molar-refractivity contribution in [2.75, 3.05) is 19.0 Å². The number of esters is 1. The van der Waals surface area contributed by atoms with Crippen LogP contribution in [0.3, 0.4) is 0 Å². The molecule has 1 rings (SSSR count). The highest BCUT2D eigenvalue weighted by Crippen LogP contribution is 2.12. The Morgan fingerprint density at radius 2 is 2.00 bits per heavy atom.